The van der Waals surface area contributed by atoms with E-state index in [1.807, 2.05) is 0 Å². The SMILES string of the molecule is CSc1nc2c(c(=O)[nH]1)[C@@]1(OC(C)(C)C(N)=N2)C(=O)Nc2ccccc21. The van der Waals surface area contributed by atoms with Gasteiger partial charge in [0.2, 0.25) is 5.60 Å². The van der Waals surface area contributed by atoms with Crippen molar-refractivity contribution in [1.29, 1.82) is 0 Å². The zero-order chi connectivity index (χ0) is 18.7. The normalized spacial score (nSPS) is 23.0. The van der Waals surface area contributed by atoms with E-state index in [1.165, 1.54) is 11.8 Å². The molecule has 1 spiro atoms. The lowest BCUT2D eigenvalue weighted by atomic mass is 9.87. The fraction of sp³-hybridized carbons (Fsp3) is 0.294. The molecule has 3 heterocycles. The average molecular weight is 371 g/mol. The van der Waals surface area contributed by atoms with Gasteiger partial charge in [-0.25, -0.2) is 9.98 Å². The molecule has 1 atom stereocenters. The van der Waals surface area contributed by atoms with Crippen molar-refractivity contribution in [2.75, 3.05) is 11.6 Å². The summed E-state index contributed by atoms with van der Waals surface area (Å²) in [4.78, 5) is 37.5. The van der Waals surface area contributed by atoms with Crippen molar-refractivity contribution in [1.82, 2.24) is 9.97 Å². The van der Waals surface area contributed by atoms with Gasteiger partial charge in [-0.3, -0.25) is 9.59 Å². The van der Waals surface area contributed by atoms with Gasteiger partial charge >= 0.3 is 0 Å². The number of para-hydroxylation sites is 1. The highest BCUT2D eigenvalue weighted by atomic mass is 32.2. The van der Waals surface area contributed by atoms with Crippen LogP contribution in [-0.4, -0.2) is 33.6 Å². The van der Waals surface area contributed by atoms with Crippen LogP contribution >= 0.6 is 11.8 Å². The summed E-state index contributed by atoms with van der Waals surface area (Å²) >= 11 is 1.26. The molecule has 8 nitrogen and oxygen atoms in total. The van der Waals surface area contributed by atoms with Crippen molar-refractivity contribution in [3.8, 4) is 0 Å². The summed E-state index contributed by atoms with van der Waals surface area (Å²) < 4.78 is 6.24. The summed E-state index contributed by atoms with van der Waals surface area (Å²) in [5.41, 5.74) is 4.00. The van der Waals surface area contributed by atoms with E-state index in [9.17, 15) is 9.59 Å². The molecule has 4 N–H and O–H groups in total. The lowest BCUT2D eigenvalue weighted by Crippen LogP contribution is -2.51. The summed E-state index contributed by atoms with van der Waals surface area (Å²) in [7, 11) is 0. The number of nitrogens with zero attached hydrogens (tertiary/aromatic N) is 2. The highest BCUT2D eigenvalue weighted by Crippen LogP contribution is 2.48. The number of hydrogen-bond donors (Lipinski definition) is 3. The van der Waals surface area contributed by atoms with Crippen LogP contribution in [0.25, 0.3) is 0 Å². The molecule has 0 bridgehead atoms. The van der Waals surface area contributed by atoms with Crippen LogP contribution in [0.5, 0.6) is 0 Å². The third-order valence-electron chi connectivity index (χ3n) is 4.55. The van der Waals surface area contributed by atoms with Crippen LogP contribution in [0.4, 0.5) is 11.5 Å². The van der Waals surface area contributed by atoms with Crippen LogP contribution in [0.15, 0.2) is 39.2 Å². The standard InChI is InChI=1S/C17H17N5O3S/c1-16(2)13(18)20-11-10(12(23)22-15(21-11)26-3)17(25-16)8-6-4-5-7-9(8)19-14(17)24/h4-7H,1-3H3,(H,19,24)(H3,18,20,21,22,23)/t17-/m1/s1. The summed E-state index contributed by atoms with van der Waals surface area (Å²) in [6.07, 6.45) is 1.78. The number of fused-ring (bicyclic) bond motifs is 4. The minimum atomic E-state index is -1.68. The van der Waals surface area contributed by atoms with E-state index in [0.717, 1.165) is 0 Å². The van der Waals surface area contributed by atoms with Gasteiger partial charge in [0.1, 0.15) is 17.0 Å². The highest BCUT2D eigenvalue weighted by Gasteiger charge is 2.57. The molecular weight excluding hydrogens is 354 g/mol. The second-order valence-electron chi connectivity index (χ2n) is 6.56. The Morgan fingerprint density at radius 1 is 1.23 bits per heavy atom. The number of aromatic amines is 1. The quantitative estimate of drug-likeness (QED) is 0.515. The van der Waals surface area contributed by atoms with Crippen LogP contribution < -0.4 is 16.6 Å². The molecule has 0 saturated carbocycles. The number of benzene rings is 1. The summed E-state index contributed by atoms with van der Waals surface area (Å²) in [6, 6.07) is 7.08. The van der Waals surface area contributed by atoms with Gasteiger partial charge in [-0.1, -0.05) is 30.0 Å². The number of hydrogen-bond acceptors (Lipinski definition) is 7. The van der Waals surface area contributed by atoms with E-state index in [4.69, 9.17) is 10.5 Å². The molecule has 1 amide bonds. The van der Waals surface area contributed by atoms with Gasteiger partial charge in [-0.2, -0.15) is 0 Å². The monoisotopic (exact) mass is 371 g/mol. The summed E-state index contributed by atoms with van der Waals surface area (Å²) in [5.74, 6) is -0.242. The predicted octanol–water partition coefficient (Wildman–Crippen LogP) is 1.48. The molecule has 2 aliphatic rings. The molecule has 4 rings (SSSR count). The van der Waals surface area contributed by atoms with Gasteiger partial charge in [0.15, 0.2) is 11.0 Å². The number of aliphatic imine (C=N–C) groups is 1. The first-order valence-electron chi connectivity index (χ1n) is 7.94. The lowest BCUT2D eigenvalue weighted by molar-refractivity contribution is -0.146. The fourth-order valence-electron chi connectivity index (χ4n) is 3.25. The molecule has 26 heavy (non-hydrogen) atoms. The minimum absolute atomic E-state index is 0.0336. The summed E-state index contributed by atoms with van der Waals surface area (Å²) in [5, 5.41) is 3.17. The molecule has 2 aromatic rings. The van der Waals surface area contributed by atoms with E-state index in [1.54, 1.807) is 44.4 Å². The van der Waals surface area contributed by atoms with Crippen molar-refractivity contribution in [3.63, 3.8) is 0 Å². The Balaban J connectivity index is 2.14. The number of aromatic nitrogens is 2. The smallest absolute Gasteiger partial charge is 0.266 e. The zero-order valence-corrected chi connectivity index (χ0v) is 15.2. The number of H-pyrrole nitrogens is 1. The van der Waals surface area contributed by atoms with Crippen molar-refractivity contribution < 1.29 is 9.53 Å². The van der Waals surface area contributed by atoms with Crippen LogP contribution in [-0.2, 0) is 15.1 Å². The Morgan fingerprint density at radius 2 is 1.96 bits per heavy atom. The molecular formula is C17H17N5O3S. The topological polar surface area (TPSA) is 122 Å². The van der Waals surface area contributed by atoms with Gasteiger partial charge in [0.05, 0.1) is 0 Å². The first-order valence-corrected chi connectivity index (χ1v) is 9.16. The van der Waals surface area contributed by atoms with E-state index < -0.39 is 22.7 Å². The van der Waals surface area contributed by atoms with Gasteiger partial charge in [-0.15, -0.1) is 0 Å². The van der Waals surface area contributed by atoms with E-state index in [2.05, 4.69) is 20.3 Å². The van der Waals surface area contributed by atoms with Gasteiger partial charge in [0.25, 0.3) is 11.5 Å². The van der Waals surface area contributed by atoms with E-state index in [0.29, 0.717) is 16.4 Å². The van der Waals surface area contributed by atoms with Crippen LogP contribution in [0.2, 0.25) is 0 Å². The number of carbonyl (C=O) groups excluding carboxylic acids is 1. The maximum absolute atomic E-state index is 13.1. The van der Waals surface area contributed by atoms with Crippen molar-refractivity contribution in [2.24, 2.45) is 10.7 Å². The number of nitrogens with two attached hydrogens (primary N) is 1. The van der Waals surface area contributed by atoms with Gasteiger partial charge < -0.3 is 20.8 Å². The molecule has 9 heteroatoms. The third-order valence-corrected chi connectivity index (χ3v) is 5.13. The molecule has 1 aromatic heterocycles. The number of carbonyl (C=O) groups is 1. The molecule has 0 unspecified atom stereocenters. The number of amidine groups is 1. The summed E-state index contributed by atoms with van der Waals surface area (Å²) in [6.45, 7) is 3.41. The molecule has 0 radical (unpaired) electrons. The van der Waals surface area contributed by atoms with Crippen molar-refractivity contribution in [3.05, 3.63) is 45.7 Å². The first kappa shape index (κ1) is 16.8. The zero-order valence-electron chi connectivity index (χ0n) is 14.4. The number of nitrogens with one attached hydrogen (secondary N) is 2. The third kappa shape index (κ3) is 2.14. The second-order valence-corrected chi connectivity index (χ2v) is 7.36. The maximum atomic E-state index is 13.1. The van der Waals surface area contributed by atoms with Crippen LogP contribution in [0, 0.1) is 0 Å². The van der Waals surface area contributed by atoms with E-state index in [-0.39, 0.29) is 17.2 Å². The predicted molar refractivity (Wildman–Crippen MR) is 98.9 cm³/mol. The molecule has 0 saturated heterocycles. The average Bonchev–Trinajstić information content (AvgIpc) is 2.81. The number of amides is 1. The Bertz CT molecular complexity index is 1030. The van der Waals surface area contributed by atoms with E-state index >= 15 is 0 Å². The Hall–Kier alpha value is -2.65. The van der Waals surface area contributed by atoms with Gasteiger partial charge in [0, 0.05) is 11.3 Å². The Kier molecular flexibility index (Phi) is 3.50. The van der Waals surface area contributed by atoms with Crippen LogP contribution in [0.3, 0.4) is 0 Å². The largest absolute Gasteiger partial charge is 0.385 e. The van der Waals surface area contributed by atoms with Crippen molar-refractivity contribution in [2.45, 2.75) is 30.2 Å². The number of ether oxygens (including phenoxy) is 1. The molecule has 1 aromatic carbocycles. The molecule has 0 fully saturated rings. The number of rotatable bonds is 1. The lowest BCUT2D eigenvalue weighted by Gasteiger charge is -2.34. The molecule has 0 aliphatic carbocycles. The maximum Gasteiger partial charge on any atom is 0.266 e. The molecule has 2 aliphatic heterocycles. The Labute approximate surface area is 153 Å². The number of thioether (sulfide) groups is 1. The highest BCUT2D eigenvalue weighted by molar-refractivity contribution is 7.98. The fourth-order valence-corrected chi connectivity index (χ4v) is 3.62. The van der Waals surface area contributed by atoms with Crippen molar-refractivity contribution >= 4 is 35.0 Å². The molecule has 134 valence electrons. The minimum Gasteiger partial charge on any atom is -0.385 e. The number of anilines is 1. The first-order chi connectivity index (χ1) is 12.3. The Morgan fingerprint density at radius 3 is 2.69 bits per heavy atom. The van der Waals surface area contributed by atoms with Crippen LogP contribution in [0.1, 0.15) is 25.0 Å². The van der Waals surface area contributed by atoms with Gasteiger partial charge in [-0.05, 0) is 26.2 Å². The second kappa shape index (κ2) is 5.42.